The molecule has 0 amide bonds. The third kappa shape index (κ3) is 1.36. The van der Waals surface area contributed by atoms with Crippen LogP contribution in [0.1, 0.15) is 40.0 Å². The molecule has 0 fully saturated rings. The van der Waals surface area contributed by atoms with Gasteiger partial charge in [0, 0.05) is 0 Å². The van der Waals surface area contributed by atoms with Gasteiger partial charge in [-0.3, -0.25) is 0 Å². The molecule has 2 unspecified atom stereocenters. The number of rotatable bonds is 0. The van der Waals surface area contributed by atoms with E-state index in [1.165, 1.54) is 19.3 Å². The van der Waals surface area contributed by atoms with Crippen molar-refractivity contribution in [2.24, 2.45) is 5.92 Å². The van der Waals surface area contributed by atoms with Crippen LogP contribution in [0.15, 0.2) is 22.3 Å². The molecule has 0 heterocycles. The third-order valence-corrected chi connectivity index (χ3v) is 4.09. The SMILES string of the molecule is [Li][CH]1CCCC2=C1C(C)=C(C)C2C. The minimum atomic E-state index is 0.748. The molecule has 2 rings (SSSR count). The summed E-state index contributed by atoms with van der Waals surface area (Å²) >= 11 is 2.39. The second-order valence-electron chi connectivity index (χ2n) is 4.76. The van der Waals surface area contributed by atoms with Crippen molar-refractivity contribution >= 4 is 17.7 Å². The van der Waals surface area contributed by atoms with Gasteiger partial charge in [0.15, 0.2) is 0 Å². The van der Waals surface area contributed by atoms with E-state index < -0.39 is 0 Å². The van der Waals surface area contributed by atoms with Crippen molar-refractivity contribution in [2.75, 3.05) is 0 Å². The van der Waals surface area contributed by atoms with Crippen molar-refractivity contribution < 1.29 is 0 Å². The van der Waals surface area contributed by atoms with E-state index in [2.05, 4.69) is 38.5 Å². The molecule has 1 heteroatoms. The van der Waals surface area contributed by atoms with Gasteiger partial charge in [0.05, 0.1) is 0 Å². The van der Waals surface area contributed by atoms with E-state index >= 15 is 0 Å². The number of hydrogen-bond donors (Lipinski definition) is 0. The Labute approximate surface area is 90.7 Å². The van der Waals surface area contributed by atoms with E-state index in [0.717, 1.165) is 10.5 Å². The standard InChI is InChI=1S/C12H17.Li/c1-8-9(2)11-6-4-5-7-12(11)10(8)3;/h6,10H,4-5,7H2,1-3H3;. The van der Waals surface area contributed by atoms with E-state index in [0.29, 0.717) is 0 Å². The molecular weight excluding hydrogens is 151 g/mol. The molecule has 0 nitrogen and oxygen atoms in total. The first kappa shape index (κ1) is 9.63. The second kappa shape index (κ2) is 3.34. The summed E-state index contributed by atoms with van der Waals surface area (Å²) in [5, 5.41) is 0. The van der Waals surface area contributed by atoms with Gasteiger partial charge in [0.1, 0.15) is 0 Å². The molecule has 0 aromatic rings. The predicted molar refractivity (Wildman–Crippen MR) is 57.9 cm³/mol. The molecule has 2 atom stereocenters. The summed E-state index contributed by atoms with van der Waals surface area (Å²) in [5.41, 5.74) is 6.71. The van der Waals surface area contributed by atoms with Crippen LogP contribution in [0, 0.1) is 5.92 Å². The van der Waals surface area contributed by atoms with Gasteiger partial charge in [-0.05, 0) is 0 Å². The first-order valence-corrected chi connectivity index (χ1v) is 5.53. The minimum absolute atomic E-state index is 0.748. The summed E-state index contributed by atoms with van der Waals surface area (Å²) in [6.45, 7) is 7.00. The third-order valence-electron chi connectivity index (χ3n) is 4.09. The monoisotopic (exact) mass is 168 g/mol. The maximum absolute atomic E-state index is 2.39. The van der Waals surface area contributed by atoms with E-state index in [4.69, 9.17) is 0 Å². The van der Waals surface area contributed by atoms with Gasteiger partial charge in [0.25, 0.3) is 0 Å². The van der Waals surface area contributed by atoms with Gasteiger partial charge in [-0.15, -0.1) is 0 Å². The van der Waals surface area contributed by atoms with Crippen LogP contribution in [-0.4, -0.2) is 17.7 Å². The molecular formula is C12H17Li. The van der Waals surface area contributed by atoms with E-state index in [9.17, 15) is 0 Å². The van der Waals surface area contributed by atoms with Crippen LogP contribution in [-0.2, 0) is 0 Å². The molecule has 0 saturated carbocycles. The molecule has 66 valence electrons. The van der Waals surface area contributed by atoms with Crippen LogP contribution in [0.3, 0.4) is 0 Å². The van der Waals surface area contributed by atoms with Gasteiger partial charge in [0.2, 0.25) is 0 Å². The van der Waals surface area contributed by atoms with Gasteiger partial charge < -0.3 is 0 Å². The molecule has 2 aliphatic carbocycles. The fourth-order valence-electron chi connectivity index (χ4n) is 3.05. The van der Waals surface area contributed by atoms with Crippen LogP contribution < -0.4 is 0 Å². The zero-order valence-corrected chi connectivity index (χ0v) is 9.28. The zero-order chi connectivity index (χ0) is 9.59. The molecule has 0 N–H and O–H groups in total. The first-order valence-electron chi connectivity index (χ1n) is 5.53. The van der Waals surface area contributed by atoms with Crippen LogP contribution in [0.4, 0.5) is 0 Å². The number of hydrogen-bond acceptors (Lipinski definition) is 0. The van der Waals surface area contributed by atoms with Crippen molar-refractivity contribution in [1.82, 2.24) is 0 Å². The van der Waals surface area contributed by atoms with Gasteiger partial charge in [-0.25, -0.2) is 0 Å². The topological polar surface area (TPSA) is 0 Å². The fraction of sp³-hybridized carbons (Fsp3) is 0.667. The summed E-state index contributed by atoms with van der Waals surface area (Å²) in [5.74, 6) is 0.748. The quantitative estimate of drug-likeness (QED) is 0.486. The predicted octanol–water partition coefficient (Wildman–Crippen LogP) is 3.41. The Balaban J connectivity index is 2.45. The van der Waals surface area contributed by atoms with Gasteiger partial charge in [-0.1, -0.05) is 0 Å². The average molecular weight is 168 g/mol. The maximum atomic E-state index is 2.39. The van der Waals surface area contributed by atoms with Crippen molar-refractivity contribution in [3.8, 4) is 0 Å². The Kier molecular flexibility index (Phi) is 2.47. The fourth-order valence-corrected chi connectivity index (χ4v) is 3.05. The summed E-state index contributed by atoms with van der Waals surface area (Å²) < 4.78 is 0.823. The molecule has 0 radical (unpaired) electrons. The molecule has 0 aliphatic heterocycles. The Morgan fingerprint density at radius 3 is 2.62 bits per heavy atom. The van der Waals surface area contributed by atoms with Gasteiger partial charge in [-0.2, -0.15) is 0 Å². The molecule has 0 aromatic heterocycles. The van der Waals surface area contributed by atoms with Crippen LogP contribution >= 0.6 is 0 Å². The van der Waals surface area contributed by atoms with E-state index in [1.807, 2.05) is 0 Å². The Hall–Kier alpha value is 0.0774. The second-order valence-corrected chi connectivity index (χ2v) is 4.76. The van der Waals surface area contributed by atoms with Crippen LogP contribution in [0.2, 0.25) is 4.59 Å². The van der Waals surface area contributed by atoms with Crippen molar-refractivity contribution in [3.05, 3.63) is 22.3 Å². The molecule has 0 bridgehead atoms. The summed E-state index contributed by atoms with van der Waals surface area (Å²) in [6, 6.07) is 0. The number of allylic oxidation sites excluding steroid dienone is 4. The summed E-state index contributed by atoms with van der Waals surface area (Å²) in [7, 11) is 0. The summed E-state index contributed by atoms with van der Waals surface area (Å²) in [4.78, 5) is 0. The van der Waals surface area contributed by atoms with Gasteiger partial charge >= 0.3 is 90.6 Å². The molecule has 0 spiro atoms. The van der Waals surface area contributed by atoms with E-state index in [1.54, 1.807) is 22.3 Å². The van der Waals surface area contributed by atoms with E-state index in [-0.39, 0.29) is 0 Å². The first-order chi connectivity index (χ1) is 6.13. The molecule has 13 heavy (non-hydrogen) atoms. The Morgan fingerprint density at radius 1 is 1.31 bits per heavy atom. The van der Waals surface area contributed by atoms with Crippen LogP contribution in [0.5, 0.6) is 0 Å². The zero-order valence-electron chi connectivity index (χ0n) is 9.28. The molecule has 0 saturated heterocycles. The van der Waals surface area contributed by atoms with Crippen molar-refractivity contribution in [1.29, 1.82) is 0 Å². The Bertz CT molecular complexity index is 296. The van der Waals surface area contributed by atoms with Crippen LogP contribution in [0.25, 0.3) is 0 Å². The molecule has 0 aromatic carbocycles. The van der Waals surface area contributed by atoms with Crippen molar-refractivity contribution in [2.45, 2.75) is 44.6 Å². The van der Waals surface area contributed by atoms with Crippen molar-refractivity contribution in [3.63, 3.8) is 0 Å². The normalized spacial score (nSPS) is 34.2. The molecule has 2 aliphatic rings. The average Bonchev–Trinajstić information content (AvgIpc) is 2.33. The Morgan fingerprint density at radius 2 is 2.00 bits per heavy atom. The summed E-state index contributed by atoms with van der Waals surface area (Å²) in [6.07, 6.45) is 4.16.